The monoisotopic (exact) mass is 414 g/mol. The van der Waals surface area contributed by atoms with Crippen LogP contribution in [0.4, 0.5) is 5.69 Å². The van der Waals surface area contributed by atoms with Crippen LogP contribution >= 0.6 is 15.9 Å². The molecule has 0 fully saturated rings. The zero-order valence-corrected chi connectivity index (χ0v) is 16.4. The minimum Gasteiger partial charge on any atom is -0.458 e. The summed E-state index contributed by atoms with van der Waals surface area (Å²) >= 11 is 3.36. The Kier molecular flexibility index (Phi) is 4.80. The van der Waals surface area contributed by atoms with Crippen LogP contribution in [0, 0.1) is 0 Å². The summed E-state index contributed by atoms with van der Waals surface area (Å²) in [6.45, 7) is 5.28. The number of ketones is 1. The third-order valence-electron chi connectivity index (χ3n) is 3.98. The standard InChI is InChI=1S/C20H19BrN2O3/c1-19(2,3)26-18(25)20(23-22-15-10-8-14(21)9-11-15)12-13-6-4-5-7-16(13)17(20)24/h4-11H,12H2,1-3H3/t20-/m1/s1. The van der Waals surface area contributed by atoms with Crippen molar-refractivity contribution in [1.82, 2.24) is 0 Å². The van der Waals surface area contributed by atoms with Crippen LogP contribution in [-0.2, 0) is 16.0 Å². The molecule has 0 radical (unpaired) electrons. The summed E-state index contributed by atoms with van der Waals surface area (Å²) in [5, 5.41) is 8.39. The number of fused-ring (bicyclic) bond motifs is 1. The molecule has 0 saturated carbocycles. The van der Waals surface area contributed by atoms with E-state index in [0.717, 1.165) is 10.0 Å². The van der Waals surface area contributed by atoms with E-state index in [4.69, 9.17) is 4.74 Å². The summed E-state index contributed by atoms with van der Waals surface area (Å²) in [4.78, 5) is 26.0. The summed E-state index contributed by atoms with van der Waals surface area (Å²) in [5.74, 6) is -1.05. The van der Waals surface area contributed by atoms with Crippen LogP contribution in [0.1, 0.15) is 36.7 Å². The molecule has 0 bridgehead atoms. The minimum absolute atomic E-state index is 0.150. The van der Waals surface area contributed by atoms with Crippen molar-refractivity contribution in [3.63, 3.8) is 0 Å². The van der Waals surface area contributed by atoms with Gasteiger partial charge in [-0.2, -0.15) is 10.2 Å². The number of nitrogens with zero attached hydrogens (tertiary/aromatic N) is 2. The highest BCUT2D eigenvalue weighted by Gasteiger charge is 2.54. The second-order valence-electron chi connectivity index (χ2n) is 7.20. The third kappa shape index (κ3) is 3.60. The van der Waals surface area contributed by atoms with E-state index in [2.05, 4.69) is 26.2 Å². The van der Waals surface area contributed by atoms with Crippen LogP contribution in [0.15, 0.2) is 63.2 Å². The van der Waals surface area contributed by atoms with Gasteiger partial charge in [0.15, 0.2) is 0 Å². The molecule has 134 valence electrons. The van der Waals surface area contributed by atoms with Gasteiger partial charge >= 0.3 is 5.97 Å². The van der Waals surface area contributed by atoms with E-state index in [0.29, 0.717) is 11.3 Å². The van der Waals surface area contributed by atoms with Gasteiger partial charge < -0.3 is 4.74 Å². The number of benzene rings is 2. The molecule has 0 amide bonds. The van der Waals surface area contributed by atoms with Crippen molar-refractivity contribution >= 4 is 33.4 Å². The van der Waals surface area contributed by atoms with Crippen LogP contribution in [0.3, 0.4) is 0 Å². The highest BCUT2D eigenvalue weighted by molar-refractivity contribution is 9.10. The highest BCUT2D eigenvalue weighted by Crippen LogP contribution is 2.36. The Morgan fingerprint density at radius 3 is 2.38 bits per heavy atom. The molecule has 26 heavy (non-hydrogen) atoms. The first kappa shape index (κ1) is 18.5. The lowest BCUT2D eigenvalue weighted by Gasteiger charge is -2.26. The second kappa shape index (κ2) is 6.76. The van der Waals surface area contributed by atoms with Gasteiger partial charge in [-0.25, -0.2) is 4.79 Å². The molecule has 1 atom stereocenters. The van der Waals surface area contributed by atoms with E-state index in [-0.39, 0.29) is 12.2 Å². The van der Waals surface area contributed by atoms with Crippen LogP contribution in [0.2, 0.25) is 0 Å². The SMILES string of the molecule is CC(C)(C)OC(=O)[C@@]1(N=Nc2ccc(Br)cc2)Cc2ccccc2C1=O. The fourth-order valence-electron chi connectivity index (χ4n) is 2.77. The topological polar surface area (TPSA) is 68.1 Å². The van der Waals surface area contributed by atoms with Crippen molar-refractivity contribution in [3.8, 4) is 0 Å². The number of hydrogen-bond acceptors (Lipinski definition) is 5. The zero-order valence-electron chi connectivity index (χ0n) is 14.8. The first-order valence-electron chi connectivity index (χ1n) is 8.26. The van der Waals surface area contributed by atoms with Gasteiger partial charge in [0.2, 0.25) is 11.3 Å². The number of hydrogen-bond donors (Lipinski definition) is 0. The summed E-state index contributed by atoms with van der Waals surface area (Å²) in [6, 6.07) is 14.3. The molecule has 0 aliphatic heterocycles. The second-order valence-corrected chi connectivity index (χ2v) is 8.12. The summed E-state index contributed by atoms with van der Waals surface area (Å²) < 4.78 is 6.42. The highest BCUT2D eigenvalue weighted by atomic mass is 79.9. The molecule has 3 rings (SSSR count). The number of carbonyl (C=O) groups is 2. The molecule has 0 spiro atoms. The average Bonchev–Trinajstić information content (AvgIpc) is 2.87. The Morgan fingerprint density at radius 2 is 1.77 bits per heavy atom. The summed E-state index contributed by atoms with van der Waals surface area (Å²) in [6.07, 6.45) is 0.150. The van der Waals surface area contributed by atoms with Gasteiger partial charge in [0.05, 0.1) is 5.69 Å². The first-order chi connectivity index (χ1) is 12.2. The van der Waals surface area contributed by atoms with Gasteiger partial charge in [-0.05, 0) is 50.6 Å². The normalized spacial score (nSPS) is 19.6. The average molecular weight is 415 g/mol. The third-order valence-corrected chi connectivity index (χ3v) is 4.51. The lowest BCUT2D eigenvalue weighted by Crippen LogP contribution is -2.46. The lowest BCUT2D eigenvalue weighted by molar-refractivity contribution is -0.159. The maximum absolute atomic E-state index is 13.1. The molecule has 0 aromatic heterocycles. The van der Waals surface area contributed by atoms with E-state index in [1.54, 1.807) is 45.0 Å². The van der Waals surface area contributed by atoms with E-state index in [1.165, 1.54) is 0 Å². The molecule has 0 N–H and O–H groups in total. The Morgan fingerprint density at radius 1 is 1.12 bits per heavy atom. The van der Waals surface area contributed by atoms with Crippen LogP contribution in [0.5, 0.6) is 0 Å². The fourth-order valence-corrected chi connectivity index (χ4v) is 3.04. The van der Waals surface area contributed by atoms with Gasteiger partial charge in [-0.3, -0.25) is 4.79 Å². The molecule has 5 nitrogen and oxygen atoms in total. The molecule has 1 aliphatic rings. The number of Topliss-reactive ketones (excluding diaryl/α,β-unsaturated/α-hetero) is 1. The van der Waals surface area contributed by atoms with Crippen molar-refractivity contribution in [2.45, 2.75) is 38.3 Å². The van der Waals surface area contributed by atoms with Gasteiger partial charge in [0, 0.05) is 16.5 Å². The molecule has 2 aromatic carbocycles. The van der Waals surface area contributed by atoms with E-state index in [9.17, 15) is 9.59 Å². The van der Waals surface area contributed by atoms with Crippen LogP contribution < -0.4 is 0 Å². The number of rotatable bonds is 3. The van der Waals surface area contributed by atoms with E-state index < -0.39 is 17.1 Å². The minimum atomic E-state index is -1.68. The van der Waals surface area contributed by atoms with Crippen molar-refractivity contribution < 1.29 is 14.3 Å². The Balaban J connectivity index is 2.02. The number of ether oxygens (including phenoxy) is 1. The number of azo groups is 1. The van der Waals surface area contributed by atoms with E-state index >= 15 is 0 Å². The first-order valence-corrected chi connectivity index (χ1v) is 9.05. The zero-order chi connectivity index (χ0) is 18.9. The lowest BCUT2D eigenvalue weighted by atomic mass is 9.95. The number of esters is 1. The number of halogens is 1. The van der Waals surface area contributed by atoms with Gasteiger partial charge in [0.25, 0.3) is 0 Å². The predicted octanol–water partition coefficient (Wildman–Crippen LogP) is 5.05. The smallest absolute Gasteiger partial charge is 0.345 e. The Labute approximate surface area is 160 Å². The summed E-state index contributed by atoms with van der Waals surface area (Å²) in [5.41, 5.74) is -0.581. The van der Waals surface area contributed by atoms with E-state index in [1.807, 2.05) is 24.3 Å². The molecule has 2 aromatic rings. The van der Waals surface area contributed by atoms with Crippen LogP contribution in [-0.4, -0.2) is 22.9 Å². The van der Waals surface area contributed by atoms with Gasteiger partial charge in [0.1, 0.15) is 5.60 Å². The molecule has 6 heteroatoms. The van der Waals surface area contributed by atoms with Crippen molar-refractivity contribution in [3.05, 3.63) is 64.1 Å². The van der Waals surface area contributed by atoms with Gasteiger partial charge in [-0.15, -0.1) is 0 Å². The maximum atomic E-state index is 13.1. The van der Waals surface area contributed by atoms with Crippen molar-refractivity contribution in [2.75, 3.05) is 0 Å². The maximum Gasteiger partial charge on any atom is 0.345 e. The summed E-state index contributed by atoms with van der Waals surface area (Å²) in [7, 11) is 0. The van der Waals surface area contributed by atoms with Crippen molar-refractivity contribution in [1.29, 1.82) is 0 Å². The molecular formula is C20H19BrN2O3. The number of carbonyl (C=O) groups excluding carboxylic acids is 2. The Hall–Kier alpha value is -2.34. The van der Waals surface area contributed by atoms with Crippen molar-refractivity contribution in [2.24, 2.45) is 10.2 Å². The Bertz CT molecular complexity index is 885. The predicted molar refractivity (Wildman–Crippen MR) is 102 cm³/mol. The molecule has 0 unspecified atom stereocenters. The largest absolute Gasteiger partial charge is 0.458 e. The molecule has 0 heterocycles. The van der Waals surface area contributed by atoms with Gasteiger partial charge in [-0.1, -0.05) is 40.2 Å². The molecule has 1 aliphatic carbocycles. The fraction of sp³-hybridized carbons (Fsp3) is 0.300. The van der Waals surface area contributed by atoms with Crippen LogP contribution in [0.25, 0.3) is 0 Å². The molecule has 0 saturated heterocycles. The molecular weight excluding hydrogens is 396 g/mol. The quantitative estimate of drug-likeness (QED) is 0.400.